The van der Waals surface area contributed by atoms with Crippen LogP contribution in [-0.2, 0) is 0 Å². The Morgan fingerprint density at radius 2 is 1.87 bits per heavy atom. The van der Waals surface area contributed by atoms with Crippen LogP contribution < -0.4 is 20.1 Å². The van der Waals surface area contributed by atoms with Crippen molar-refractivity contribution in [3.63, 3.8) is 0 Å². The number of nitrogens with one attached hydrogen (secondary N) is 2. The van der Waals surface area contributed by atoms with Crippen molar-refractivity contribution in [1.82, 2.24) is 5.32 Å². The van der Waals surface area contributed by atoms with Gasteiger partial charge in [-0.05, 0) is 59.1 Å². The SMILES string of the molecule is COc1ccc(OC)c(NC(=S)NC(=O)c2ccccc2I)c1. The number of hydrogen-bond acceptors (Lipinski definition) is 4. The molecular weight excluding hydrogens is 427 g/mol. The minimum atomic E-state index is -0.269. The average Bonchev–Trinajstić information content (AvgIpc) is 2.54. The van der Waals surface area contributed by atoms with Crippen LogP contribution in [0.2, 0.25) is 0 Å². The molecule has 120 valence electrons. The second-order valence-electron chi connectivity index (χ2n) is 4.45. The first kappa shape index (κ1) is 17.5. The second-order valence-corrected chi connectivity index (χ2v) is 6.02. The van der Waals surface area contributed by atoms with Gasteiger partial charge in [-0.15, -0.1) is 0 Å². The lowest BCUT2D eigenvalue weighted by molar-refractivity contribution is 0.0977. The molecule has 2 N–H and O–H groups in total. The molecule has 0 aliphatic heterocycles. The van der Waals surface area contributed by atoms with E-state index < -0.39 is 0 Å². The first-order chi connectivity index (χ1) is 11.0. The van der Waals surface area contributed by atoms with Crippen LogP contribution >= 0.6 is 34.8 Å². The molecule has 0 heterocycles. The van der Waals surface area contributed by atoms with E-state index in [-0.39, 0.29) is 11.0 Å². The molecule has 0 fully saturated rings. The summed E-state index contributed by atoms with van der Waals surface area (Å²) in [5.74, 6) is 0.978. The van der Waals surface area contributed by atoms with E-state index in [1.54, 1.807) is 44.6 Å². The molecule has 0 atom stereocenters. The van der Waals surface area contributed by atoms with E-state index >= 15 is 0 Å². The first-order valence-corrected chi connectivity index (χ1v) is 8.12. The summed E-state index contributed by atoms with van der Waals surface area (Å²) >= 11 is 7.31. The maximum absolute atomic E-state index is 12.2. The number of anilines is 1. The third-order valence-electron chi connectivity index (χ3n) is 3.00. The Balaban J connectivity index is 2.11. The summed E-state index contributed by atoms with van der Waals surface area (Å²) in [6, 6.07) is 12.5. The van der Waals surface area contributed by atoms with Crippen LogP contribution in [0, 0.1) is 3.57 Å². The highest BCUT2D eigenvalue weighted by atomic mass is 127. The number of methoxy groups -OCH3 is 2. The molecular formula is C16H15IN2O3S. The van der Waals surface area contributed by atoms with Crippen molar-refractivity contribution in [1.29, 1.82) is 0 Å². The monoisotopic (exact) mass is 442 g/mol. The number of thiocarbonyl (C=S) groups is 1. The van der Waals surface area contributed by atoms with Gasteiger partial charge in [-0.1, -0.05) is 12.1 Å². The van der Waals surface area contributed by atoms with Crippen LogP contribution in [0.5, 0.6) is 11.5 Å². The molecule has 0 aliphatic carbocycles. The Bertz CT molecular complexity index is 737. The van der Waals surface area contributed by atoms with E-state index in [9.17, 15) is 4.79 Å². The number of rotatable bonds is 4. The Labute approximate surface area is 153 Å². The summed E-state index contributed by atoms with van der Waals surface area (Å²) in [7, 11) is 3.13. The van der Waals surface area contributed by atoms with Crippen LogP contribution in [0.4, 0.5) is 5.69 Å². The maximum atomic E-state index is 12.2. The highest BCUT2D eigenvalue weighted by Gasteiger charge is 2.12. The smallest absolute Gasteiger partial charge is 0.258 e. The zero-order valence-corrected chi connectivity index (χ0v) is 15.5. The number of carbonyl (C=O) groups is 1. The zero-order valence-electron chi connectivity index (χ0n) is 12.6. The van der Waals surface area contributed by atoms with Crippen molar-refractivity contribution in [2.75, 3.05) is 19.5 Å². The average molecular weight is 442 g/mol. The molecule has 0 unspecified atom stereocenters. The van der Waals surface area contributed by atoms with Gasteiger partial charge in [0.1, 0.15) is 11.5 Å². The molecule has 2 aromatic rings. The first-order valence-electron chi connectivity index (χ1n) is 6.64. The van der Waals surface area contributed by atoms with Gasteiger partial charge in [-0.3, -0.25) is 10.1 Å². The largest absolute Gasteiger partial charge is 0.497 e. The quantitative estimate of drug-likeness (QED) is 0.562. The molecule has 0 saturated carbocycles. The molecule has 0 aliphatic rings. The summed E-state index contributed by atoms with van der Waals surface area (Å²) in [5.41, 5.74) is 1.18. The van der Waals surface area contributed by atoms with Crippen molar-refractivity contribution in [3.05, 3.63) is 51.6 Å². The predicted molar refractivity (Wildman–Crippen MR) is 102 cm³/mol. The number of benzene rings is 2. The normalized spacial score (nSPS) is 9.87. The van der Waals surface area contributed by atoms with Gasteiger partial charge in [-0.2, -0.15) is 0 Å². The highest BCUT2D eigenvalue weighted by Crippen LogP contribution is 2.28. The van der Waals surface area contributed by atoms with Gasteiger partial charge in [0.05, 0.1) is 25.5 Å². The number of amides is 1. The summed E-state index contributed by atoms with van der Waals surface area (Å²) in [6.07, 6.45) is 0. The number of ether oxygens (including phenoxy) is 2. The van der Waals surface area contributed by atoms with Crippen molar-refractivity contribution in [2.24, 2.45) is 0 Å². The fourth-order valence-electron chi connectivity index (χ4n) is 1.88. The summed E-state index contributed by atoms with van der Waals surface area (Å²) in [6.45, 7) is 0. The van der Waals surface area contributed by atoms with Crippen molar-refractivity contribution in [3.8, 4) is 11.5 Å². The van der Waals surface area contributed by atoms with Gasteiger partial charge in [0.15, 0.2) is 5.11 Å². The van der Waals surface area contributed by atoms with Gasteiger partial charge < -0.3 is 14.8 Å². The molecule has 1 amide bonds. The lowest BCUT2D eigenvalue weighted by Gasteiger charge is -2.14. The Morgan fingerprint density at radius 1 is 1.13 bits per heavy atom. The maximum Gasteiger partial charge on any atom is 0.258 e. The van der Waals surface area contributed by atoms with E-state index in [0.29, 0.717) is 22.7 Å². The Kier molecular flexibility index (Phi) is 6.17. The van der Waals surface area contributed by atoms with Gasteiger partial charge in [0.2, 0.25) is 0 Å². The zero-order chi connectivity index (χ0) is 16.8. The minimum Gasteiger partial charge on any atom is -0.497 e. The van der Waals surface area contributed by atoms with Crippen molar-refractivity contribution < 1.29 is 14.3 Å². The molecule has 0 spiro atoms. The van der Waals surface area contributed by atoms with Crippen LogP contribution in [0.15, 0.2) is 42.5 Å². The Morgan fingerprint density at radius 3 is 2.52 bits per heavy atom. The summed E-state index contributed by atoms with van der Waals surface area (Å²) < 4.78 is 11.3. The van der Waals surface area contributed by atoms with E-state index in [1.807, 2.05) is 12.1 Å². The van der Waals surface area contributed by atoms with Crippen molar-refractivity contribution >= 4 is 51.5 Å². The van der Waals surface area contributed by atoms with E-state index in [1.165, 1.54) is 0 Å². The predicted octanol–water partition coefficient (Wildman–Crippen LogP) is 3.44. The second kappa shape index (κ2) is 8.11. The molecule has 0 bridgehead atoms. The van der Waals surface area contributed by atoms with E-state index in [2.05, 4.69) is 33.2 Å². The lowest BCUT2D eigenvalue weighted by atomic mass is 10.2. The Hall–Kier alpha value is -1.87. The molecule has 5 nitrogen and oxygen atoms in total. The number of halogens is 1. The van der Waals surface area contributed by atoms with Crippen molar-refractivity contribution in [2.45, 2.75) is 0 Å². The summed E-state index contributed by atoms with van der Waals surface area (Å²) in [4.78, 5) is 12.2. The van der Waals surface area contributed by atoms with Crippen LogP contribution in [0.1, 0.15) is 10.4 Å². The third kappa shape index (κ3) is 4.55. The molecule has 0 radical (unpaired) electrons. The minimum absolute atomic E-state index is 0.182. The topological polar surface area (TPSA) is 59.6 Å². The molecule has 0 saturated heterocycles. The van der Waals surface area contributed by atoms with E-state index in [4.69, 9.17) is 21.7 Å². The standard InChI is InChI=1S/C16H15IN2O3S/c1-21-10-7-8-14(22-2)13(9-10)18-16(23)19-15(20)11-5-3-4-6-12(11)17/h3-9H,1-2H3,(H2,18,19,20,23). The van der Waals surface area contributed by atoms with Crippen LogP contribution in [-0.4, -0.2) is 25.2 Å². The van der Waals surface area contributed by atoms with Gasteiger partial charge in [0, 0.05) is 9.64 Å². The molecule has 2 aromatic carbocycles. The molecule has 7 heteroatoms. The molecule has 2 rings (SSSR count). The summed E-state index contributed by atoms with van der Waals surface area (Å²) in [5, 5.41) is 5.78. The molecule has 23 heavy (non-hydrogen) atoms. The highest BCUT2D eigenvalue weighted by molar-refractivity contribution is 14.1. The fraction of sp³-hybridized carbons (Fsp3) is 0.125. The number of carbonyl (C=O) groups excluding carboxylic acids is 1. The lowest BCUT2D eigenvalue weighted by Crippen LogP contribution is -2.34. The molecule has 0 aromatic heterocycles. The van der Waals surface area contributed by atoms with E-state index in [0.717, 1.165) is 3.57 Å². The van der Waals surface area contributed by atoms with Crippen LogP contribution in [0.3, 0.4) is 0 Å². The fourth-order valence-corrected chi connectivity index (χ4v) is 2.72. The van der Waals surface area contributed by atoms with Gasteiger partial charge >= 0.3 is 0 Å². The van der Waals surface area contributed by atoms with Crippen LogP contribution in [0.25, 0.3) is 0 Å². The number of hydrogen-bond donors (Lipinski definition) is 2. The van der Waals surface area contributed by atoms with Gasteiger partial charge in [-0.25, -0.2) is 0 Å². The van der Waals surface area contributed by atoms with Gasteiger partial charge in [0.25, 0.3) is 5.91 Å². The third-order valence-corrected chi connectivity index (χ3v) is 4.15.